The van der Waals surface area contributed by atoms with E-state index in [1.54, 1.807) is 0 Å². The maximum atomic E-state index is 13.2. The quantitative estimate of drug-likeness (QED) is 0.0169. The van der Waals surface area contributed by atoms with Crippen molar-refractivity contribution in [3.05, 3.63) is 194 Å². The van der Waals surface area contributed by atoms with Crippen LogP contribution in [-0.2, 0) is 65.4 Å². The zero-order valence-electron chi connectivity index (χ0n) is 69.5. The van der Waals surface area contributed by atoms with Gasteiger partial charge in [-0.25, -0.2) is 9.13 Å². The summed E-state index contributed by atoms with van der Waals surface area (Å²) in [6, 6.07) is 0. The van der Waals surface area contributed by atoms with Gasteiger partial charge in [-0.05, 0) is 186 Å². The second-order valence-corrected chi connectivity index (χ2v) is 30.5. The van der Waals surface area contributed by atoms with E-state index in [0.717, 1.165) is 212 Å². The van der Waals surface area contributed by atoms with Crippen molar-refractivity contribution >= 4 is 39.5 Å². The van der Waals surface area contributed by atoms with Crippen LogP contribution in [0.1, 0.15) is 310 Å². The fraction of sp³-hybridized carbons (Fsp3) is 0.613. The number of rotatable bonds is 78. The molecule has 0 radical (unpaired) electrons. The monoisotopic (exact) mass is 1600 g/mol. The van der Waals surface area contributed by atoms with E-state index in [1.165, 1.54) is 19.3 Å². The van der Waals surface area contributed by atoms with Crippen LogP contribution in [0.5, 0.6) is 0 Å². The number of hydrogen-bond donors (Lipinski definition) is 3. The number of esters is 4. The molecule has 0 heterocycles. The number of allylic oxidation sites excluding steroid dienone is 32. The molecule has 0 aromatic rings. The summed E-state index contributed by atoms with van der Waals surface area (Å²) in [7, 11) is -10.0. The summed E-state index contributed by atoms with van der Waals surface area (Å²) in [6.45, 7) is 4.40. The van der Waals surface area contributed by atoms with Crippen molar-refractivity contribution in [3.63, 3.8) is 0 Å². The van der Waals surface area contributed by atoms with Gasteiger partial charge in [0.25, 0.3) is 0 Å². The van der Waals surface area contributed by atoms with E-state index in [4.69, 9.17) is 37.0 Å². The van der Waals surface area contributed by atoms with Crippen LogP contribution < -0.4 is 0 Å². The van der Waals surface area contributed by atoms with Crippen molar-refractivity contribution < 1.29 is 80.2 Å². The fourth-order valence-electron chi connectivity index (χ4n) is 10.6. The first kappa shape index (κ1) is 106. The van der Waals surface area contributed by atoms with E-state index >= 15 is 0 Å². The number of phosphoric ester groups is 2. The Balaban J connectivity index is 5.49. The van der Waals surface area contributed by atoms with Crippen molar-refractivity contribution in [1.29, 1.82) is 0 Å². The molecule has 0 amide bonds. The van der Waals surface area contributed by atoms with Gasteiger partial charge >= 0.3 is 39.5 Å². The Morgan fingerprint density at radius 2 is 0.464 bits per heavy atom. The summed E-state index contributed by atoms with van der Waals surface area (Å²) in [5.41, 5.74) is 0. The number of aliphatic hydroxyl groups is 1. The lowest BCUT2D eigenvalue weighted by molar-refractivity contribution is -0.161. The van der Waals surface area contributed by atoms with E-state index in [0.29, 0.717) is 25.7 Å². The lowest BCUT2D eigenvalue weighted by Crippen LogP contribution is -2.30. The first-order valence-electron chi connectivity index (χ1n) is 42.7. The minimum Gasteiger partial charge on any atom is -0.462 e. The highest BCUT2D eigenvalue weighted by Crippen LogP contribution is 2.45. The Bertz CT molecular complexity index is 2890. The lowest BCUT2D eigenvalue weighted by atomic mass is 10.1. The summed E-state index contributed by atoms with van der Waals surface area (Å²) in [4.78, 5) is 73.3. The third-order valence-electron chi connectivity index (χ3n) is 17.0. The number of phosphoric acid groups is 2. The summed E-state index contributed by atoms with van der Waals surface area (Å²) in [5.74, 6) is -2.29. The second-order valence-electron chi connectivity index (χ2n) is 27.6. The Labute approximate surface area is 678 Å². The maximum absolute atomic E-state index is 13.2. The number of aliphatic hydroxyl groups excluding tert-OH is 1. The minimum atomic E-state index is -5.01. The third kappa shape index (κ3) is 81.9. The molecule has 0 fully saturated rings. The topological polar surface area (TPSA) is 237 Å². The van der Waals surface area contributed by atoms with E-state index in [2.05, 4.69) is 222 Å². The van der Waals surface area contributed by atoms with Crippen LogP contribution in [0.4, 0.5) is 0 Å². The van der Waals surface area contributed by atoms with Gasteiger partial charge in [0.05, 0.1) is 26.4 Å². The van der Waals surface area contributed by atoms with Gasteiger partial charge in [0.2, 0.25) is 0 Å². The third-order valence-corrected chi connectivity index (χ3v) is 18.9. The van der Waals surface area contributed by atoms with Crippen LogP contribution in [0, 0.1) is 0 Å². The Kier molecular flexibility index (Phi) is 78.4. The molecule has 0 bridgehead atoms. The molecule has 0 aliphatic heterocycles. The molecule has 0 rings (SSSR count). The Hall–Kier alpha value is -6.10. The Morgan fingerprint density at radius 1 is 0.259 bits per heavy atom. The highest BCUT2D eigenvalue weighted by atomic mass is 31.2. The van der Waals surface area contributed by atoms with Gasteiger partial charge in [-0.2, -0.15) is 0 Å². The van der Waals surface area contributed by atoms with Crippen molar-refractivity contribution in [1.82, 2.24) is 0 Å². The van der Waals surface area contributed by atoms with Gasteiger partial charge in [-0.3, -0.25) is 37.3 Å². The zero-order chi connectivity index (χ0) is 81.7. The van der Waals surface area contributed by atoms with E-state index in [1.807, 2.05) is 0 Å². The fourth-order valence-corrected chi connectivity index (χ4v) is 12.2. The summed E-state index contributed by atoms with van der Waals surface area (Å²) in [5, 5.41) is 10.7. The number of ether oxygens (including phenoxy) is 4. The van der Waals surface area contributed by atoms with Gasteiger partial charge in [-0.15, -0.1) is 0 Å². The van der Waals surface area contributed by atoms with E-state index in [9.17, 15) is 43.2 Å². The zero-order valence-corrected chi connectivity index (χ0v) is 71.3. The van der Waals surface area contributed by atoms with Gasteiger partial charge < -0.3 is 33.8 Å². The van der Waals surface area contributed by atoms with Crippen LogP contribution >= 0.6 is 15.6 Å². The molecule has 0 aliphatic rings. The smallest absolute Gasteiger partial charge is 0.462 e. The molecule has 0 spiro atoms. The van der Waals surface area contributed by atoms with Crippen LogP contribution in [0.3, 0.4) is 0 Å². The van der Waals surface area contributed by atoms with Gasteiger partial charge in [-0.1, -0.05) is 293 Å². The molecule has 3 N–H and O–H groups in total. The molecule has 634 valence electrons. The number of hydrogen-bond acceptors (Lipinski definition) is 15. The molecule has 0 saturated carbocycles. The van der Waals surface area contributed by atoms with Crippen molar-refractivity contribution in [2.45, 2.75) is 329 Å². The van der Waals surface area contributed by atoms with Gasteiger partial charge in [0.1, 0.15) is 19.3 Å². The normalized spacial score (nSPS) is 14.7. The molecule has 5 unspecified atom stereocenters. The molecule has 19 heteroatoms. The summed E-state index contributed by atoms with van der Waals surface area (Å²) in [6.07, 6.45) is 102. The van der Waals surface area contributed by atoms with Crippen LogP contribution in [0.25, 0.3) is 0 Å². The standard InChI is InChI=1S/C93H150O17P2/c1-5-9-13-17-21-25-29-33-37-40-43-46-50-53-57-61-65-69-73-77-90(95)103-83-88(109-92(97)79-75-71-67-63-59-55-49-36-32-28-24-20-16-12-8-4)85-107-111(99,100)105-81-87(94)82-106-112(101,102)108-86-89(110-93(98)80-76-72-68-64-60-56-52-48-45-42-39-35-31-27-23-19-15-11-7-3)84-104-91(96)78-74-70-66-62-58-54-51-47-44-41-38-34-30-26-22-18-14-10-6-2/h9-11,13-15,21-28,33-39,43-49,53-54,57-58,87-89,94H,5-8,12,16-20,29-32,40-42,50-52,55-56,59-86H2,1-4H3,(H,99,100)(H,101,102)/b13-9-,14-10-,15-11-,25-21-,26-22-,27-23-,28-24-,37-33-,38-34-,39-35-,46-43-,47-44-,48-45-,49-36-,57-53-,58-54-. The average Bonchev–Trinajstić information content (AvgIpc) is 0.898. The lowest BCUT2D eigenvalue weighted by Gasteiger charge is -2.21. The molecular formula is C93H150O17P2. The SMILES string of the molecule is CC/C=C\C/C=C\C/C=C\C/C=C\C/C=C\CCCCCC(=O)OCC(COP(=O)(O)OCC(O)COP(=O)(O)OCC(COC(=O)CCCCC/C=C\C/C=C\C/C=C\C/C=C\C/C=C\CC)OC(=O)CCCCCCCC/C=C\C/C=C\C/C=C\C/C=C\CC)OC(=O)CCCCCCC/C=C\C/C=C\CCCCC. The molecule has 0 aromatic carbocycles. The van der Waals surface area contributed by atoms with Crippen molar-refractivity contribution in [3.8, 4) is 0 Å². The number of carbonyl (C=O) groups excluding carboxylic acids is 4. The maximum Gasteiger partial charge on any atom is 0.472 e. The predicted octanol–water partition coefficient (Wildman–Crippen LogP) is 25.7. The Morgan fingerprint density at radius 3 is 0.723 bits per heavy atom. The summed E-state index contributed by atoms with van der Waals surface area (Å²) >= 11 is 0. The highest BCUT2D eigenvalue weighted by Gasteiger charge is 2.30. The van der Waals surface area contributed by atoms with E-state index < -0.39 is 97.5 Å². The number of unbranched alkanes of at least 4 members (excludes halogenated alkanes) is 20. The molecular weight excluding hydrogens is 1450 g/mol. The van der Waals surface area contributed by atoms with Crippen LogP contribution in [0.15, 0.2) is 194 Å². The molecule has 112 heavy (non-hydrogen) atoms. The molecule has 0 aliphatic carbocycles. The number of carbonyl (C=O) groups is 4. The largest absolute Gasteiger partial charge is 0.472 e. The van der Waals surface area contributed by atoms with Crippen LogP contribution in [0.2, 0.25) is 0 Å². The van der Waals surface area contributed by atoms with Crippen molar-refractivity contribution in [2.75, 3.05) is 39.6 Å². The van der Waals surface area contributed by atoms with Crippen molar-refractivity contribution in [2.24, 2.45) is 0 Å². The minimum absolute atomic E-state index is 0.0623. The second kappa shape index (κ2) is 82.9. The summed E-state index contributed by atoms with van der Waals surface area (Å²) < 4.78 is 68.8. The predicted molar refractivity (Wildman–Crippen MR) is 463 cm³/mol. The first-order valence-corrected chi connectivity index (χ1v) is 45.7. The highest BCUT2D eigenvalue weighted by molar-refractivity contribution is 7.47. The molecule has 17 nitrogen and oxygen atoms in total. The first-order chi connectivity index (χ1) is 54.7. The average molecular weight is 1600 g/mol. The molecule has 5 atom stereocenters. The van der Waals surface area contributed by atoms with Gasteiger partial charge in [0, 0.05) is 25.7 Å². The molecule has 0 saturated heterocycles. The van der Waals surface area contributed by atoms with E-state index in [-0.39, 0.29) is 25.7 Å². The van der Waals surface area contributed by atoms with Crippen LogP contribution in [-0.4, -0.2) is 96.7 Å². The van der Waals surface area contributed by atoms with Gasteiger partial charge in [0.15, 0.2) is 12.2 Å². The molecule has 0 aromatic heterocycles.